The first-order chi connectivity index (χ1) is 21.4. The van der Waals surface area contributed by atoms with E-state index in [2.05, 4.69) is 47.6 Å². The minimum atomic E-state index is -1.13. The summed E-state index contributed by atoms with van der Waals surface area (Å²) in [5.74, 6) is 0.508. The number of allylic oxidation sites excluding steroid dienone is 2. The smallest absolute Gasteiger partial charge is 0.310 e. The quantitative estimate of drug-likeness (QED) is 0.281. The lowest BCUT2D eigenvalue weighted by atomic mass is 9.33. The molecular weight excluding hydrogens is 584 g/mol. The second kappa shape index (κ2) is 10.7. The third-order valence-electron chi connectivity index (χ3n) is 16.0. The van der Waals surface area contributed by atoms with Crippen molar-refractivity contribution in [3.8, 4) is 0 Å². The van der Waals surface area contributed by atoms with Crippen molar-refractivity contribution in [2.75, 3.05) is 6.61 Å². The van der Waals surface area contributed by atoms with Gasteiger partial charge in [0.25, 0.3) is 0 Å². The van der Waals surface area contributed by atoms with Gasteiger partial charge in [-0.05, 0) is 111 Å². The first-order valence-corrected chi connectivity index (χ1v) is 18.3. The van der Waals surface area contributed by atoms with Crippen molar-refractivity contribution >= 4 is 5.97 Å². The zero-order valence-corrected chi connectivity index (χ0v) is 29.3. The molecule has 46 heavy (non-hydrogen) atoms. The summed E-state index contributed by atoms with van der Waals surface area (Å²) in [6.45, 7) is 16.8. The molecular formula is C38H60O8. The van der Waals surface area contributed by atoms with Gasteiger partial charge in [-0.2, -0.15) is 0 Å². The van der Waals surface area contributed by atoms with E-state index in [-0.39, 0.29) is 39.1 Å². The first kappa shape index (κ1) is 33.5. The fraction of sp³-hybridized carbons (Fsp3) is 0.921. The second-order valence-electron chi connectivity index (χ2n) is 18.7. The highest BCUT2D eigenvalue weighted by Gasteiger charge is 2.70. The number of hydrogen-bond donors (Lipinski definition) is 4. The Balaban J connectivity index is 1.13. The van der Waals surface area contributed by atoms with Crippen molar-refractivity contribution in [1.82, 2.24) is 0 Å². The van der Waals surface area contributed by atoms with Gasteiger partial charge in [-0.3, -0.25) is 4.79 Å². The number of ether oxygens (including phenoxy) is 3. The fourth-order valence-electron chi connectivity index (χ4n) is 13.0. The van der Waals surface area contributed by atoms with Crippen molar-refractivity contribution in [3.05, 3.63) is 11.6 Å². The van der Waals surface area contributed by atoms with E-state index < -0.39 is 48.2 Å². The van der Waals surface area contributed by atoms with Gasteiger partial charge in [0.05, 0.1) is 30.3 Å². The predicted octanol–water partition coefficient (Wildman–Crippen LogP) is 5.85. The summed E-state index contributed by atoms with van der Waals surface area (Å²) < 4.78 is 19.0. The number of fused-ring (bicyclic) bond motifs is 9. The SMILES string of the molecule is C[C@H](O)[C@H]1OC(CC2OC[C@@]3(C)[C@@H]4CC[C@]5(C)[C@H](CC=C6[C@@H]7CC(C)(C)CC[C@]7(C(=O)O)CC[C@]65C)[C@@]4(C)CC[C@@H]3O2)[C@@H](O)[C@@H]1O. The van der Waals surface area contributed by atoms with Gasteiger partial charge >= 0.3 is 5.97 Å². The summed E-state index contributed by atoms with van der Waals surface area (Å²) in [5, 5.41) is 41.7. The van der Waals surface area contributed by atoms with Crippen LogP contribution in [0.15, 0.2) is 11.6 Å². The zero-order valence-electron chi connectivity index (χ0n) is 29.3. The Bertz CT molecular complexity index is 1260. The molecule has 260 valence electrons. The number of carboxylic acids is 1. The van der Waals surface area contributed by atoms with E-state index in [4.69, 9.17) is 14.2 Å². The van der Waals surface area contributed by atoms with Crippen LogP contribution in [0.25, 0.3) is 0 Å². The van der Waals surface area contributed by atoms with Crippen LogP contribution in [0, 0.1) is 50.2 Å². The Hall–Kier alpha value is -1.03. The molecule has 2 aliphatic heterocycles. The maximum Gasteiger partial charge on any atom is 0.310 e. The summed E-state index contributed by atoms with van der Waals surface area (Å²) in [5.41, 5.74) is 1.12. The van der Waals surface area contributed by atoms with Crippen LogP contribution in [-0.2, 0) is 19.0 Å². The van der Waals surface area contributed by atoms with Gasteiger partial charge in [-0.1, -0.05) is 53.2 Å². The van der Waals surface area contributed by atoms with Crippen molar-refractivity contribution in [2.24, 2.45) is 50.2 Å². The molecule has 0 aromatic heterocycles. The van der Waals surface area contributed by atoms with E-state index in [1.807, 2.05) is 0 Å². The number of rotatable bonds is 4. The monoisotopic (exact) mass is 644 g/mol. The second-order valence-corrected chi connectivity index (χ2v) is 18.7. The van der Waals surface area contributed by atoms with E-state index in [1.54, 1.807) is 6.92 Å². The molecule has 0 radical (unpaired) electrons. The average molecular weight is 645 g/mol. The highest BCUT2D eigenvalue weighted by atomic mass is 16.7. The van der Waals surface area contributed by atoms with Gasteiger partial charge in [0.1, 0.15) is 18.3 Å². The molecule has 4 N–H and O–H groups in total. The molecule has 2 unspecified atom stereocenters. The first-order valence-electron chi connectivity index (χ1n) is 18.3. The van der Waals surface area contributed by atoms with E-state index in [0.29, 0.717) is 24.9 Å². The fourth-order valence-corrected chi connectivity index (χ4v) is 13.0. The van der Waals surface area contributed by atoms with E-state index in [0.717, 1.165) is 64.2 Å². The third kappa shape index (κ3) is 4.48. The van der Waals surface area contributed by atoms with Gasteiger partial charge in [0.15, 0.2) is 6.29 Å². The van der Waals surface area contributed by atoms with E-state index in [1.165, 1.54) is 5.57 Å². The van der Waals surface area contributed by atoms with Crippen LogP contribution in [-0.4, -0.2) is 75.9 Å². The highest BCUT2D eigenvalue weighted by molar-refractivity contribution is 5.76. The molecule has 7 aliphatic rings. The predicted molar refractivity (Wildman–Crippen MR) is 173 cm³/mol. The number of aliphatic hydroxyl groups excluding tert-OH is 3. The molecule has 0 spiro atoms. The van der Waals surface area contributed by atoms with Gasteiger partial charge in [-0.15, -0.1) is 0 Å². The molecule has 4 saturated carbocycles. The summed E-state index contributed by atoms with van der Waals surface area (Å²) in [7, 11) is 0. The number of hydrogen-bond acceptors (Lipinski definition) is 7. The minimum absolute atomic E-state index is 0.0000442. The summed E-state index contributed by atoms with van der Waals surface area (Å²) in [4.78, 5) is 13.0. The molecule has 2 saturated heterocycles. The maximum absolute atomic E-state index is 13.0. The highest BCUT2D eigenvalue weighted by Crippen LogP contribution is 2.76. The Morgan fingerprint density at radius 2 is 1.63 bits per heavy atom. The molecule has 0 aromatic rings. The molecule has 5 aliphatic carbocycles. The molecule has 8 heteroatoms. The Labute approximate surface area is 275 Å². The van der Waals surface area contributed by atoms with Crippen molar-refractivity contribution in [2.45, 2.75) is 162 Å². The molecule has 6 fully saturated rings. The van der Waals surface area contributed by atoms with Crippen molar-refractivity contribution < 1.29 is 39.4 Å². The number of carbonyl (C=O) groups is 1. The van der Waals surface area contributed by atoms with Crippen LogP contribution in [0.4, 0.5) is 0 Å². The maximum atomic E-state index is 13.0. The molecule has 15 atom stereocenters. The molecule has 7 rings (SSSR count). The third-order valence-corrected chi connectivity index (χ3v) is 16.0. The van der Waals surface area contributed by atoms with Gasteiger partial charge in [0.2, 0.25) is 0 Å². The Morgan fingerprint density at radius 3 is 2.30 bits per heavy atom. The minimum Gasteiger partial charge on any atom is -0.481 e. The van der Waals surface area contributed by atoms with Crippen LogP contribution in [0.1, 0.15) is 119 Å². The van der Waals surface area contributed by atoms with Gasteiger partial charge < -0.3 is 34.6 Å². The lowest BCUT2D eigenvalue weighted by Crippen LogP contribution is -2.67. The van der Waals surface area contributed by atoms with Gasteiger partial charge in [0, 0.05) is 11.8 Å². The number of aliphatic hydroxyl groups is 3. The molecule has 0 bridgehead atoms. The van der Waals surface area contributed by atoms with Crippen molar-refractivity contribution in [3.63, 3.8) is 0 Å². The van der Waals surface area contributed by atoms with Gasteiger partial charge in [-0.25, -0.2) is 0 Å². The molecule has 8 nitrogen and oxygen atoms in total. The number of carboxylic acid groups (broad SMARTS) is 1. The summed E-state index contributed by atoms with van der Waals surface area (Å²) in [6.07, 6.45) is 7.64. The lowest BCUT2D eigenvalue weighted by molar-refractivity contribution is -0.319. The lowest BCUT2D eigenvalue weighted by Gasteiger charge is -2.72. The van der Waals surface area contributed by atoms with Crippen LogP contribution >= 0.6 is 0 Å². The van der Waals surface area contributed by atoms with Crippen LogP contribution in [0.3, 0.4) is 0 Å². The van der Waals surface area contributed by atoms with Crippen LogP contribution in [0.5, 0.6) is 0 Å². The summed E-state index contributed by atoms with van der Waals surface area (Å²) >= 11 is 0. The standard InChI is InChI=1S/C38H60O8/c1-21(39)31-30(41)29(40)24(45-31)18-28-44-20-35(5)25-10-13-37(7)26(34(25,4)12-11-27(35)46-28)9-8-22-23-19-33(2,3)14-16-38(23,32(42)43)17-15-36(22,37)6/h8,21,23-31,39-41H,9-20H2,1-7H3,(H,42,43)/t21-,23-,24?,25+,26+,27-,28?,29+,30-,31+,34-,35-,36+,37+,38-/m0/s1. The van der Waals surface area contributed by atoms with Crippen LogP contribution < -0.4 is 0 Å². The Kier molecular flexibility index (Phi) is 7.81. The topological polar surface area (TPSA) is 126 Å². The zero-order chi connectivity index (χ0) is 33.2. The summed E-state index contributed by atoms with van der Waals surface area (Å²) in [6, 6.07) is 0. The van der Waals surface area contributed by atoms with Crippen LogP contribution in [0.2, 0.25) is 0 Å². The number of aliphatic carboxylic acids is 1. The normalized spacial score (nSPS) is 55.1. The van der Waals surface area contributed by atoms with E-state index >= 15 is 0 Å². The van der Waals surface area contributed by atoms with E-state index in [9.17, 15) is 25.2 Å². The largest absolute Gasteiger partial charge is 0.481 e. The molecule has 0 aromatic carbocycles. The average Bonchev–Trinajstić information content (AvgIpc) is 3.26. The Morgan fingerprint density at radius 1 is 0.913 bits per heavy atom. The molecule has 2 heterocycles. The molecule has 0 amide bonds. The van der Waals surface area contributed by atoms with Crippen molar-refractivity contribution in [1.29, 1.82) is 0 Å².